The molecular formula is C33H41F5N2O4. The van der Waals surface area contributed by atoms with Crippen LogP contribution in [0.2, 0.25) is 0 Å². The Morgan fingerprint density at radius 3 is 2.32 bits per heavy atom. The molecule has 0 spiro atoms. The molecule has 5 atom stereocenters. The molecule has 2 aliphatic rings. The highest BCUT2D eigenvalue weighted by Crippen LogP contribution is 2.50. The molecule has 242 valence electrons. The lowest BCUT2D eigenvalue weighted by Crippen LogP contribution is -2.50. The Bertz CT molecular complexity index is 1310. The number of nitrogens with one attached hydrogen (secondary N) is 1. The zero-order valence-electron chi connectivity index (χ0n) is 25.7. The summed E-state index contributed by atoms with van der Waals surface area (Å²) in [5.41, 5.74) is -0.305. The number of esters is 1. The van der Waals surface area contributed by atoms with E-state index in [-0.39, 0.29) is 38.2 Å². The first-order valence-corrected chi connectivity index (χ1v) is 15.0. The molecular weight excluding hydrogens is 583 g/mol. The van der Waals surface area contributed by atoms with Crippen LogP contribution in [0.15, 0.2) is 48.5 Å². The zero-order chi connectivity index (χ0) is 32.4. The van der Waals surface area contributed by atoms with Gasteiger partial charge in [0.2, 0.25) is 11.8 Å². The quantitative estimate of drug-likeness (QED) is 0.249. The third-order valence-electron chi connectivity index (χ3n) is 8.72. The first kappa shape index (κ1) is 33.7. The number of likely N-dealkylation sites (tertiary alicyclic amines) is 1. The van der Waals surface area contributed by atoms with Gasteiger partial charge in [-0.25, -0.2) is 13.6 Å². The van der Waals surface area contributed by atoms with Gasteiger partial charge in [0.25, 0.3) is 0 Å². The van der Waals surface area contributed by atoms with Gasteiger partial charge in [-0.05, 0) is 42.9 Å². The van der Waals surface area contributed by atoms with Crippen molar-refractivity contribution in [2.75, 3.05) is 13.7 Å². The van der Waals surface area contributed by atoms with E-state index in [4.69, 9.17) is 9.47 Å². The maximum absolute atomic E-state index is 14.6. The summed E-state index contributed by atoms with van der Waals surface area (Å²) in [6, 6.07) is 9.85. The van der Waals surface area contributed by atoms with Crippen LogP contribution in [0.1, 0.15) is 76.1 Å². The van der Waals surface area contributed by atoms with E-state index < -0.39 is 71.3 Å². The van der Waals surface area contributed by atoms with Gasteiger partial charge in [0.1, 0.15) is 11.8 Å². The Morgan fingerprint density at radius 2 is 1.75 bits per heavy atom. The molecule has 1 amide bonds. The summed E-state index contributed by atoms with van der Waals surface area (Å²) in [6.45, 7) is 7.58. The highest BCUT2D eigenvalue weighted by molar-refractivity contribution is 5.88. The molecule has 11 heteroatoms. The second kappa shape index (κ2) is 13.0. The summed E-state index contributed by atoms with van der Waals surface area (Å²) >= 11 is 0. The number of amides is 1. The van der Waals surface area contributed by atoms with E-state index in [1.165, 1.54) is 18.1 Å². The van der Waals surface area contributed by atoms with E-state index in [0.717, 1.165) is 12.1 Å². The fraction of sp³-hybridized carbons (Fsp3) is 0.576. The van der Waals surface area contributed by atoms with Crippen molar-refractivity contribution in [2.24, 2.45) is 17.3 Å². The Labute approximate surface area is 255 Å². The molecule has 2 aromatic carbocycles. The number of carbonyl (C=O) groups is 2. The van der Waals surface area contributed by atoms with Crippen LogP contribution in [0.25, 0.3) is 0 Å². The third-order valence-corrected chi connectivity index (χ3v) is 8.72. The molecule has 2 aromatic rings. The molecule has 44 heavy (non-hydrogen) atoms. The number of rotatable bonds is 8. The zero-order valence-corrected chi connectivity index (χ0v) is 25.7. The highest BCUT2D eigenvalue weighted by Gasteiger charge is 2.59. The predicted molar refractivity (Wildman–Crippen MR) is 155 cm³/mol. The van der Waals surface area contributed by atoms with Crippen LogP contribution in [0, 0.1) is 17.3 Å². The van der Waals surface area contributed by atoms with Crippen molar-refractivity contribution < 1.29 is 41.0 Å². The molecule has 1 N–H and O–H groups in total. The summed E-state index contributed by atoms with van der Waals surface area (Å²) in [5.74, 6) is -5.63. The van der Waals surface area contributed by atoms with Crippen LogP contribution in [-0.2, 0) is 27.0 Å². The number of ether oxygens (including phenoxy) is 2. The largest absolute Gasteiger partial charge is 0.496 e. The lowest BCUT2D eigenvalue weighted by atomic mass is 9.72. The van der Waals surface area contributed by atoms with Gasteiger partial charge in [-0.2, -0.15) is 13.2 Å². The van der Waals surface area contributed by atoms with Crippen LogP contribution in [0.5, 0.6) is 5.75 Å². The van der Waals surface area contributed by atoms with E-state index >= 15 is 0 Å². The number of nitrogens with zero attached hydrogens (tertiary/aromatic N) is 1. The van der Waals surface area contributed by atoms with Crippen molar-refractivity contribution in [3.05, 3.63) is 65.2 Å². The van der Waals surface area contributed by atoms with Gasteiger partial charge in [-0.3, -0.25) is 4.79 Å². The van der Waals surface area contributed by atoms with Gasteiger partial charge in [0, 0.05) is 42.8 Å². The normalized spacial score (nSPS) is 25.5. The fourth-order valence-corrected chi connectivity index (χ4v) is 6.83. The van der Waals surface area contributed by atoms with Crippen molar-refractivity contribution in [1.29, 1.82) is 0 Å². The van der Waals surface area contributed by atoms with Crippen molar-refractivity contribution >= 4 is 11.9 Å². The number of benzene rings is 2. The molecule has 4 rings (SSSR count). The smallest absolute Gasteiger partial charge is 0.416 e. The summed E-state index contributed by atoms with van der Waals surface area (Å²) < 4.78 is 80.1. The van der Waals surface area contributed by atoms with Crippen LogP contribution in [0.4, 0.5) is 22.0 Å². The van der Waals surface area contributed by atoms with Crippen LogP contribution < -0.4 is 10.1 Å². The van der Waals surface area contributed by atoms with Gasteiger partial charge in [0.15, 0.2) is 0 Å². The average Bonchev–Trinajstić information content (AvgIpc) is 3.31. The van der Waals surface area contributed by atoms with Gasteiger partial charge in [-0.1, -0.05) is 57.2 Å². The molecule has 1 saturated heterocycles. The topological polar surface area (TPSA) is 67.9 Å². The van der Waals surface area contributed by atoms with Crippen LogP contribution in [-0.4, -0.2) is 48.5 Å². The van der Waals surface area contributed by atoms with E-state index in [9.17, 15) is 31.5 Å². The van der Waals surface area contributed by atoms with Crippen molar-refractivity contribution in [3.8, 4) is 5.75 Å². The van der Waals surface area contributed by atoms with Crippen molar-refractivity contribution in [1.82, 2.24) is 10.2 Å². The van der Waals surface area contributed by atoms with Gasteiger partial charge in [-0.15, -0.1) is 0 Å². The number of halogens is 5. The van der Waals surface area contributed by atoms with Crippen LogP contribution in [0.3, 0.4) is 0 Å². The maximum Gasteiger partial charge on any atom is 0.416 e. The maximum atomic E-state index is 14.6. The number of methoxy groups -OCH3 is 1. The second-order valence-electron chi connectivity index (χ2n) is 12.8. The average molecular weight is 625 g/mol. The van der Waals surface area contributed by atoms with Crippen molar-refractivity contribution in [3.63, 3.8) is 0 Å². The van der Waals surface area contributed by atoms with Gasteiger partial charge < -0.3 is 19.7 Å². The Balaban J connectivity index is 1.83. The SMILES string of the molecule is CCOC(=O)[C@@H]1[C@@H](C(C)(C)C)[C@H](NCc2ccc(C(F)(F)F)cc2OC)[C@H](c2ccccc2)N1C(=O)[C@@H]1CCCC(F)(F)C1. The molecule has 2 fully saturated rings. The molecule has 6 nitrogen and oxygen atoms in total. The first-order chi connectivity index (χ1) is 20.6. The monoisotopic (exact) mass is 624 g/mol. The predicted octanol–water partition coefficient (Wildman–Crippen LogP) is 7.18. The van der Waals surface area contributed by atoms with Crippen LogP contribution >= 0.6 is 0 Å². The number of hydrogen-bond acceptors (Lipinski definition) is 5. The molecule has 1 heterocycles. The molecule has 0 aromatic heterocycles. The van der Waals surface area contributed by atoms with E-state index in [1.54, 1.807) is 19.1 Å². The van der Waals surface area contributed by atoms with E-state index in [1.807, 2.05) is 39.0 Å². The molecule has 1 saturated carbocycles. The molecule has 1 aliphatic carbocycles. The van der Waals surface area contributed by atoms with E-state index in [2.05, 4.69) is 5.32 Å². The molecule has 1 aliphatic heterocycles. The summed E-state index contributed by atoms with van der Waals surface area (Å²) in [5, 5.41) is 3.46. The highest BCUT2D eigenvalue weighted by atomic mass is 19.4. The fourth-order valence-electron chi connectivity index (χ4n) is 6.83. The Kier molecular flexibility index (Phi) is 9.97. The lowest BCUT2D eigenvalue weighted by Gasteiger charge is -2.37. The molecule has 0 bridgehead atoms. The number of alkyl halides is 5. The minimum Gasteiger partial charge on any atom is -0.496 e. The second-order valence-corrected chi connectivity index (χ2v) is 12.8. The standard InChI is InChI=1S/C33H41F5N2O4/c1-6-44-30(42)28-25(31(2,3)4)26(39-19-22-14-15-23(33(36,37)38)17-24(22)43-5)27(20-11-8-7-9-12-20)40(28)29(41)21-13-10-16-32(34,35)18-21/h7-9,11-12,14-15,17,21,25-28,39H,6,10,13,16,18-19H2,1-5H3/t21-,25+,26+,27+,28+/m1/s1. The van der Waals surface area contributed by atoms with Gasteiger partial charge >= 0.3 is 12.1 Å². The van der Waals surface area contributed by atoms with Gasteiger partial charge in [0.05, 0.1) is 25.3 Å². The molecule has 0 radical (unpaired) electrons. The van der Waals surface area contributed by atoms with E-state index in [0.29, 0.717) is 11.1 Å². The Hall–Kier alpha value is -3.21. The summed E-state index contributed by atoms with van der Waals surface area (Å²) in [7, 11) is 1.29. The summed E-state index contributed by atoms with van der Waals surface area (Å²) in [4.78, 5) is 29.5. The minimum atomic E-state index is -4.55. The minimum absolute atomic E-state index is 0.0354. The summed E-state index contributed by atoms with van der Waals surface area (Å²) in [6.07, 6.45) is -4.97. The Morgan fingerprint density at radius 1 is 1.07 bits per heavy atom. The lowest BCUT2D eigenvalue weighted by molar-refractivity contribution is -0.160. The number of hydrogen-bond donors (Lipinski definition) is 1. The first-order valence-electron chi connectivity index (χ1n) is 15.0. The number of carbonyl (C=O) groups excluding carboxylic acids is 2. The molecule has 0 unspecified atom stereocenters. The van der Waals surface area contributed by atoms with Crippen molar-refractivity contribution in [2.45, 2.75) is 90.1 Å². The third kappa shape index (κ3) is 7.19.